The maximum Gasteiger partial charge on any atom is 0.248 e. The van der Waals surface area contributed by atoms with Crippen LogP contribution in [-0.2, 0) is 11.8 Å². The van der Waals surface area contributed by atoms with E-state index in [1.54, 1.807) is 48.4 Å². The molecule has 4 rings (SSSR count). The van der Waals surface area contributed by atoms with E-state index in [4.69, 9.17) is 10.5 Å². The zero-order valence-electron chi connectivity index (χ0n) is 15.4. The van der Waals surface area contributed by atoms with Gasteiger partial charge in [0, 0.05) is 24.4 Å². The molecule has 0 aliphatic heterocycles. The molecule has 0 spiro atoms. The Morgan fingerprint density at radius 1 is 1.28 bits per heavy atom. The largest absolute Gasteiger partial charge is 0.437 e. The van der Waals surface area contributed by atoms with E-state index < -0.39 is 5.91 Å². The van der Waals surface area contributed by atoms with Gasteiger partial charge >= 0.3 is 0 Å². The molecule has 9 heteroatoms. The average Bonchev–Trinajstić information content (AvgIpc) is 3.33. The van der Waals surface area contributed by atoms with Gasteiger partial charge in [-0.05, 0) is 17.7 Å². The van der Waals surface area contributed by atoms with Gasteiger partial charge in [0.1, 0.15) is 22.9 Å². The highest BCUT2D eigenvalue weighted by Crippen LogP contribution is 2.30. The van der Waals surface area contributed by atoms with Gasteiger partial charge in [0.2, 0.25) is 11.8 Å². The van der Waals surface area contributed by atoms with Crippen LogP contribution >= 0.6 is 0 Å². The van der Waals surface area contributed by atoms with Gasteiger partial charge in [-0.25, -0.2) is 9.50 Å². The van der Waals surface area contributed by atoms with E-state index in [0.717, 1.165) is 5.56 Å². The quantitative estimate of drug-likeness (QED) is 0.526. The summed E-state index contributed by atoms with van der Waals surface area (Å²) in [5, 5.41) is 17.8. The molecule has 0 fully saturated rings. The first kappa shape index (κ1) is 17.9. The molecule has 0 atom stereocenters. The number of primary amides is 1. The van der Waals surface area contributed by atoms with Gasteiger partial charge in [-0.2, -0.15) is 15.5 Å². The Morgan fingerprint density at radius 3 is 2.79 bits per heavy atom. The van der Waals surface area contributed by atoms with E-state index in [-0.39, 0.29) is 11.5 Å². The van der Waals surface area contributed by atoms with Crippen LogP contribution in [0, 0.1) is 11.3 Å². The Morgan fingerprint density at radius 2 is 2.10 bits per heavy atom. The molecule has 29 heavy (non-hydrogen) atoms. The predicted octanol–water partition coefficient (Wildman–Crippen LogP) is 2.29. The number of nitrogens with zero attached hydrogens (tertiary/aromatic N) is 6. The van der Waals surface area contributed by atoms with E-state index in [9.17, 15) is 10.1 Å². The Hall–Kier alpha value is -4.45. The second-order valence-electron chi connectivity index (χ2n) is 6.27. The summed E-state index contributed by atoms with van der Waals surface area (Å²) in [5.74, 6) is -0.0150. The Labute approximate surface area is 165 Å². The molecule has 1 aromatic carbocycles. The topological polar surface area (TPSA) is 124 Å². The number of rotatable bonds is 5. The molecule has 9 nitrogen and oxygen atoms in total. The number of hydrogen-bond donors (Lipinski definition) is 1. The van der Waals surface area contributed by atoms with Gasteiger partial charge in [0.25, 0.3) is 0 Å². The van der Waals surface area contributed by atoms with Crippen molar-refractivity contribution in [2.45, 2.75) is 0 Å². The summed E-state index contributed by atoms with van der Waals surface area (Å²) in [6.45, 7) is 3.69. The zero-order chi connectivity index (χ0) is 20.5. The summed E-state index contributed by atoms with van der Waals surface area (Å²) in [5.41, 5.74) is 8.10. The number of amides is 1. The minimum Gasteiger partial charge on any atom is -0.437 e. The summed E-state index contributed by atoms with van der Waals surface area (Å²) < 4.78 is 9.18. The molecule has 3 aromatic heterocycles. The van der Waals surface area contributed by atoms with Crippen LogP contribution in [0.15, 0.2) is 55.6 Å². The minimum atomic E-state index is -0.621. The van der Waals surface area contributed by atoms with Crippen molar-refractivity contribution in [3.05, 3.63) is 66.8 Å². The van der Waals surface area contributed by atoms with Crippen LogP contribution in [0.1, 0.15) is 11.1 Å². The predicted molar refractivity (Wildman–Crippen MR) is 105 cm³/mol. The van der Waals surface area contributed by atoms with Crippen LogP contribution in [0.4, 0.5) is 0 Å². The molecule has 0 saturated carbocycles. The third-order valence-electron chi connectivity index (χ3n) is 4.28. The lowest BCUT2D eigenvalue weighted by atomic mass is 10.1. The smallest absolute Gasteiger partial charge is 0.248 e. The van der Waals surface area contributed by atoms with Crippen molar-refractivity contribution in [3.8, 4) is 29.0 Å². The third kappa shape index (κ3) is 3.30. The Balaban J connectivity index is 1.83. The van der Waals surface area contributed by atoms with Crippen LogP contribution < -0.4 is 10.5 Å². The van der Waals surface area contributed by atoms with Crippen LogP contribution in [-0.4, -0.2) is 30.3 Å². The highest BCUT2D eigenvalue weighted by atomic mass is 16.5. The molecule has 2 N–H and O–H groups in total. The summed E-state index contributed by atoms with van der Waals surface area (Å²) in [7, 11) is 1.80. The van der Waals surface area contributed by atoms with Gasteiger partial charge in [0.15, 0.2) is 0 Å². The first-order valence-electron chi connectivity index (χ1n) is 8.51. The van der Waals surface area contributed by atoms with E-state index in [1.165, 1.54) is 10.7 Å². The number of benzene rings is 1. The van der Waals surface area contributed by atoms with Gasteiger partial charge in [-0.15, -0.1) is 0 Å². The number of ether oxygens (including phenoxy) is 1. The number of aryl methyl sites for hydroxylation is 1. The molecule has 3 heterocycles. The molecule has 4 aromatic rings. The van der Waals surface area contributed by atoms with Crippen LogP contribution in [0.3, 0.4) is 0 Å². The number of nitrogens with two attached hydrogens (primary N) is 1. The molecule has 0 unspecified atom stereocenters. The second kappa shape index (κ2) is 6.94. The lowest BCUT2D eigenvalue weighted by Crippen LogP contribution is -2.11. The van der Waals surface area contributed by atoms with Crippen molar-refractivity contribution < 1.29 is 9.53 Å². The van der Waals surface area contributed by atoms with E-state index in [1.807, 2.05) is 6.20 Å². The molecule has 1 amide bonds. The monoisotopic (exact) mass is 385 g/mol. The van der Waals surface area contributed by atoms with E-state index in [0.29, 0.717) is 28.1 Å². The van der Waals surface area contributed by atoms with Gasteiger partial charge in [0.05, 0.1) is 24.3 Å². The molecule has 142 valence electrons. The average molecular weight is 385 g/mol. The number of carbonyl (C=O) groups is 1. The fourth-order valence-corrected chi connectivity index (χ4v) is 2.83. The summed E-state index contributed by atoms with van der Waals surface area (Å²) >= 11 is 0. The molecule has 0 saturated heterocycles. The Bertz CT molecular complexity index is 1310. The van der Waals surface area contributed by atoms with Gasteiger partial charge < -0.3 is 10.5 Å². The first-order chi connectivity index (χ1) is 14.0. The molecule has 0 radical (unpaired) electrons. The van der Waals surface area contributed by atoms with Crippen molar-refractivity contribution in [3.63, 3.8) is 0 Å². The fourth-order valence-electron chi connectivity index (χ4n) is 2.83. The number of aromatic nitrogens is 5. The summed E-state index contributed by atoms with van der Waals surface area (Å²) in [6.07, 6.45) is 6.63. The lowest BCUT2D eigenvalue weighted by molar-refractivity contribution is -0.112. The number of nitriles is 1. The van der Waals surface area contributed by atoms with Crippen molar-refractivity contribution in [2.24, 2.45) is 12.8 Å². The second-order valence-corrected chi connectivity index (χ2v) is 6.27. The molecule has 0 aliphatic carbocycles. The van der Waals surface area contributed by atoms with Gasteiger partial charge in [-0.3, -0.25) is 9.48 Å². The molecule has 0 bridgehead atoms. The molecular formula is C20H15N7O2. The summed E-state index contributed by atoms with van der Waals surface area (Å²) in [4.78, 5) is 16.0. The normalized spacial score (nSPS) is 10.6. The zero-order valence-corrected chi connectivity index (χ0v) is 15.4. The highest BCUT2D eigenvalue weighted by molar-refractivity contribution is 6.17. The first-order valence-corrected chi connectivity index (χ1v) is 8.51. The van der Waals surface area contributed by atoms with Crippen molar-refractivity contribution >= 4 is 17.0 Å². The van der Waals surface area contributed by atoms with Crippen molar-refractivity contribution in [1.29, 1.82) is 5.26 Å². The number of hydrogen-bond acceptors (Lipinski definition) is 6. The van der Waals surface area contributed by atoms with Crippen LogP contribution in [0.2, 0.25) is 0 Å². The standard InChI is InChI=1S/C20H15N7O2/c1-12(19(22)28)13-4-3-5-16(6-13)29-20-18-14(7-21)8-24-27(18)11-17(25-20)15-9-23-26(2)10-15/h3-6,8-11H,1H2,2H3,(H2,22,28). The number of fused-ring (bicyclic) bond motifs is 1. The highest BCUT2D eigenvalue weighted by Gasteiger charge is 2.17. The van der Waals surface area contributed by atoms with Crippen molar-refractivity contribution in [1.82, 2.24) is 24.4 Å². The fraction of sp³-hybridized carbons (Fsp3) is 0.0500. The van der Waals surface area contributed by atoms with Crippen molar-refractivity contribution in [2.75, 3.05) is 0 Å². The maximum absolute atomic E-state index is 11.4. The van der Waals surface area contributed by atoms with Gasteiger partial charge in [-0.1, -0.05) is 18.7 Å². The SMILES string of the molecule is C=C(C(N)=O)c1cccc(Oc2nc(-c3cnn(C)c3)cn3ncc(C#N)c23)c1. The van der Waals surface area contributed by atoms with Crippen LogP contribution in [0.25, 0.3) is 22.3 Å². The Kier molecular flexibility index (Phi) is 4.29. The van der Waals surface area contributed by atoms with E-state index >= 15 is 0 Å². The minimum absolute atomic E-state index is 0.166. The third-order valence-corrected chi connectivity index (χ3v) is 4.28. The molecule has 0 aliphatic rings. The van der Waals surface area contributed by atoms with E-state index in [2.05, 4.69) is 27.8 Å². The molecular weight excluding hydrogens is 370 g/mol. The van der Waals surface area contributed by atoms with Crippen LogP contribution in [0.5, 0.6) is 11.6 Å². The lowest BCUT2D eigenvalue weighted by Gasteiger charge is -2.10. The number of carbonyl (C=O) groups excluding carboxylic acids is 1. The summed E-state index contributed by atoms with van der Waals surface area (Å²) in [6, 6.07) is 8.84. The maximum atomic E-state index is 11.4.